The first-order valence-electron chi connectivity index (χ1n) is 5.87. The molecule has 0 radical (unpaired) electrons. The van der Waals surface area contributed by atoms with Crippen LogP contribution < -0.4 is 11.1 Å². The highest BCUT2D eigenvalue weighted by molar-refractivity contribution is 5.82. The number of carbonyl (C=O) groups is 1. The number of benzene rings is 1. The van der Waals surface area contributed by atoms with Crippen LogP contribution in [0.3, 0.4) is 0 Å². The molecule has 96 valence electrons. The summed E-state index contributed by atoms with van der Waals surface area (Å²) in [5, 5.41) is 11.6. The summed E-state index contributed by atoms with van der Waals surface area (Å²) in [6.45, 7) is 6.16. The quantitative estimate of drug-likeness (QED) is 0.848. The van der Waals surface area contributed by atoms with E-state index in [1.165, 1.54) is 0 Å². The van der Waals surface area contributed by atoms with Crippen LogP contribution in [-0.4, -0.2) is 11.9 Å². The highest BCUT2D eigenvalue weighted by Crippen LogP contribution is 2.17. The summed E-state index contributed by atoms with van der Waals surface area (Å²) in [6.07, 6.45) is 0. The molecule has 0 bridgehead atoms. The first kappa shape index (κ1) is 14.2. The first-order chi connectivity index (χ1) is 8.34. The lowest BCUT2D eigenvalue weighted by Crippen LogP contribution is -2.48. The van der Waals surface area contributed by atoms with Crippen molar-refractivity contribution in [1.29, 1.82) is 5.26 Å². The van der Waals surface area contributed by atoms with Crippen LogP contribution >= 0.6 is 0 Å². The summed E-state index contributed by atoms with van der Waals surface area (Å²) in [5.74, 6) is -0.176. The predicted octanol–water partition coefficient (Wildman–Crippen LogP) is 1.55. The van der Waals surface area contributed by atoms with E-state index >= 15 is 0 Å². The minimum Gasteiger partial charge on any atom is -0.351 e. The lowest BCUT2D eigenvalue weighted by molar-refractivity contribution is -0.124. The van der Waals surface area contributed by atoms with Crippen LogP contribution in [0.4, 0.5) is 0 Å². The van der Waals surface area contributed by atoms with Gasteiger partial charge in [0, 0.05) is 6.54 Å². The summed E-state index contributed by atoms with van der Waals surface area (Å²) >= 11 is 0. The van der Waals surface area contributed by atoms with Gasteiger partial charge < -0.3 is 11.1 Å². The van der Waals surface area contributed by atoms with Gasteiger partial charge in [0.25, 0.3) is 0 Å². The second kappa shape index (κ2) is 5.65. The molecule has 0 saturated heterocycles. The van der Waals surface area contributed by atoms with Crippen LogP contribution in [0, 0.1) is 16.7 Å². The third-order valence-electron chi connectivity index (χ3n) is 2.74. The molecule has 0 aliphatic rings. The molecule has 1 atom stereocenters. The number of nitrogens with zero attached hydrogens (tertiary/aromatic N) is 1. The molecule has 0 heterocycles. The van der Waals surface area contributed by atoms with E-state index in [0.29, 0.717) is 12.1 Å². The van der Waals surface area contributed by atoms with Crippen LogP contribution in [0.5, 0.6) is 0 Å². The zero-order valence-corrected chi connectivity index (χ0v) is 11.0. The molecule has 3 N–H and O–H groups in total. The maximum absolute atomic E-state index is 11.8. The molecule has 0 aromatic heterocycles. The van der Waals surface area contributed by atoms with Crippen molar-refractivity contribution in [2.75, 3.05) is 0 Å². The second-order valence-electron chi connectivity index (χ2n) is 5.37. The van der Waals surface area contributed by atoms with Gasteiger partial charge in [0.1, 0.15) is 0 Å². The van der Waals surface area contributed by atoms with E-state index in [1.54, 1.807) is 18.2 Å². The summed E-state index contributed by atoms with van der Waals surface area (Å²) in [6, 6.07) is 8.66. The number of carbonyl (C=O) groups excluding carboxylic acids is 1. The average Bonchev–Trinajstić information content (AvgIpc) is 2.34. The molecule has 0 spiro atoms. The largest absolute Gasteiger partial charge is 0.351 e. The molecule has 1 rings (SSSR count). The molecule has 0 saturated carbocycles. The topological polar surface area (TPSA) is 78.9 Å². The number of nitriles is 1. The third-order valence-corrected chi connectivity index (χ3v) is 2.74. The minimum absolute atomic E-state index is 0.176. The molecule has 1 aromatic rings. The number of amides is 1. The number of hydrogen-bond donors (Lipinski definition) is 2. The minimum atomic E-state index is -0.545. The number of hydrogen-bond acceptors (Lipinski definition) is 3. The fourth-order valence-electron chi connectivity index (χ4n) is 1.44. The number of nitrogens with one attached hydrogen (secondary N) is 1. The van der Waals surface area contributed by atoms with E-state index in [9.17, 15) is 4.79 Å². The molecule has 4 nitrogen and oxygen atoms in total. The van der Waals surface area contributed by atoms with Gasteiger partial charge in [-0.2, -0.15) is 5.26 Å². The third kappa shape index (κ3) is 3.86. The van der Waals surface area contributed by atoms with Gasteiger partial charge >= 0.3 is 0 Å². The molecule has 0 unspecified atom stereocenters. The molecule has 0 aliphatic carbocycles. The maximum atomic E-state index is 11.8. The normalized spacial score (nSPS) is 12.6. The zero-order valence-electron chi connectivity index (χ0n) is 11.0. The van der Waals surface area contributed by atoms with Crippen molar-refractivity contribution >= 4 is 5.91 Å². The Bertz CT molecular complexity index is 469. The van der Waals surface area contributed by atoms with E-state index in [4.69, 9.17) is 11.0 Å². The van der Waals surface area contributed by atoms with E-state index in [2.05, 4.69) is 11.4 Å². The Hall–Kier alpha value is -1.86. The maximum Gasteiger partial charge on any atom is 0.237 e. The van der Waals surface area contributed by atoms with E-state index in [-0.39, 0.29) is 11.3 Å². The molecular formula is C14H19N3O. The standard InChI is InChI=1S/C14H19N3O/c1-14(2,3)12(16)13(18)17-9-11-6-4-5-10(7-11)8-15/h4-7,12H,9,16H2,1-3H3,(H,17,18)/t12-/m1/s1. The van der Waals surface area contributed by atoms with Crippen molar-refractivity contribution < 1.29 is 4.79 Å². The number of nitrogens with two attached hydrogens (primary N) is 1. The Kier molecular flexibility index (Phi) is 4.46. The second-order valence-corrected chi connectivity index (χ2v) is 5.37. The SMILES string of the molecule is CC(C)(C)[C@H](N)C(=O)NCc1cccc(C#N)c1. The molecule has 1 aromatic carbocycles. The Balaban J connectivity index is 2.61. The summed E-state index contributed by atoms with van der Waals surface area (Å²) in [4.78, 5) is 11.8. The van der Waals surface area contributed by atoms with Crippen LogP contribution in [-0.2, 0) is 11.3 Å². The Labute approximate surface area is 108 Å². The lowest BCUT2D eigenvalue weighted by atomic mass is 9.87. The van der Waals surface area contributed by atoms with Crippen molar-refractivity contribution in [1.82, 2.24) is 5.32 Å². The molecule has 1 amide bonds. The first-order valence-corrected chi connectivity index (χ1v) is 5.87. The lowest BCUT2D eigenvalue weighted by Gasteiger charge is -2.25. The van der Waals surface area contributed by atoms with Gasteiger partial charge in [0.2, 0.25) is 5.91 Å². The van der Waals surface area contributed by atoms with Gasteiger partial charge in [-0.25, -0.2) is 0 Å². The van der Waals surface area contributed by atoms with Crippen LogP contribution in [0.15, 0.2) is 24.3 Å². The van der Waals surface area contributed by atoms with Crippen molar-refractivity contribution in [3.05, 3.63) is 35.4 Å². The van der Waals surface area contributed by atoms with Crippen molar-refractivity contribution in [3.8, 4) is 6.07 Å². The Morgan fingerprint density at radius 1 is 1.50 bits per heavy atom. The Morgan fingerprint density at radius 2 is 2.17 bits per heavy atom. The summed E-state index contributed by atoms with van der Waals surface area (Å²) < 4.78 is 0. The van der Waals surface area contributed by atoms with Gasteiger partial charge in [-0.3, -0.25) is 4.79 Å². The fourth-order valence-corrected chi connectivity index (χ4v) is 1.44. The molecule has 0 fully saturated rings. The fraction of sp³-hybridized carbons (Fsp3) is 0.429. The number of rotatable bonds is 3. The van der Waals surface area contributed by atoms with E-state index < -0.39 is 6.04 Å². The van der Waals surface area contributed by atoms with Gasteiger partial charge in [0.15, 0.2) is 0 Å². The van der Waals surface area contributed by atoms with Gasteiger partial charge in [-0.05, 0) is 23.1 Å². The monoisotopic (exact) mass is 245 g/mol. The van der Waals surface area contributed by atoms with E-state index in [0.717, 1.165) is 5.56 Å². The molecule has 18 heavy (non-hydrogen) atoms. The highest BCUT2D eigenvalue weighted by Gasteiger charge is 2.26. The highest BCUT2D eigenvalue weighted by atomic mass is 16.2. The molecule has 0 aliphatic heterocycles. The molecule has 4 heteroatoms. The summed E-state index contributed by atoms with van der Waals surface area (Å²) in [7, 11) is 0. The van der Waals surface area contributed by atoms with Gasteiger partial charge in [-0.1, -0.05) is 32.9 Å². The van der Waals surface area contributed by atoms with Crippen LogP contribution in [0.25, 0.3) is 0 Å². The average molecular weight is 245 g/mol. The predicted molar refractivity (Wildman–Crippen MR) is 70.4 cm³/mol. The van der Waals surface area contributed by atoms with Crippen molar-refractivity contribution in [3.63, 3.8) is 0 Å². The van der Waals surface area contributed by atoms with Crippen LogP contribution in [0.1, 0.15) is 31.9 Å². The van der Waals surface area contributed by atoms with Gasteiger partial charge in [0.05, 0.1) is 17.7 Å². The summed E-state index contributed by atoms with van der Waals surface area (Å²) in [5.41, 5.74) is 7.06. The van der Waals surface area contributed by atoms with Crippen LogP contribution in [0.2, 0.25) is 0 Å². The van der Waals surface area contributed by atoms with Gasteiger partial charge in [-0.15, -0.1) is 0 Å². The van der Waals surface area contributed by atoms with Crippen molar-refractivity contribution in [2.24, 2.45) is 11.1 Å². The smallest absolute Gasteiger partial charge is 0.237 e. The Morgan fingerprint density at radius 3 is 2.72 bits per heavy atom. The zero-order chi connectivity index (χ0) is 13.8. The van der Waals surface area contributed by atoms with E-state index in [1.807, 2.05) is 26.8 Å². The molecular weight excluding hydrogens is 226 g/mol. The van der Waals surface area contributed by atoms with Crippen molar-refractivity contribution in [2.45, 2.75) is 33.4 Å².